The van der Waals surface area contributed by atoms with Crippen LogP contribution in [0.2, 0.25) is 0 Å². The molecule has 0 amide bonds. The standard InChI is InChI=1S/C11H11BrF3NO/c12-9-2-3-10(17-11(13,14)15)8(6-9)7-16-4-1-5-16/h2-3,6H,1,4-5,7H2. The van der Waals surface area contributed by atoms with E-state index in [1.165, 1.54) is 6.07 Å². The number of hydrogen-bond acceptors (Lipinski definition) is 2. The molecule has 0 radical (unpaired) electrons. The molecular formula is C11H11BrF3NO. The molecule has 1 heterocycles. The van der Waals surface area contributed by atoms with Crippen LogP contribution in [0.3, 0.4) is 0 Å². The van der Waals surface area contributed by atoms with Crippen LogP contribution in [-0.4, -0.2) is 24.4 Å². The van der Waals surface area contributed by atoms with Gasteiger partial charge >= 0.3 is 6.36 Å². The summed E-state index contributed by atoms with van der Waals surface area (Å²) >= 11 is 3.25. The summed E-state index contributed by atoms with van der Waals surface area (Å²) in [6, 6.07) is 4.55. The van der Waals surface area contributed by atoms with Crippen molar-refractivity contribution in [1.29, 1.82) is 0 Å². The average Bonchev–Trinajstić information content (AvgIpc) is 2.13. The third kappa shape index (κ3) is 3.61. The van der Waals surface area contributed by atoms with E-state index in [1.54, 1.807) is 12.1 Å². The van der Waals surface area contributed by atoms with Gasteiger partial charge in [0.1, 0.15) is 5.75 Å². The highest BCUT2D eigenvalue weighted by atomic mass is 79.9. The zero-order chi connectivity index (χ0) is 12.5. The molecule has 0 aromatic heterocycles. The number of halogens is 4. The van der Waals surface area contributed by atoms with Gasteiger partial charge in [0.25, 0.3) is 0 Å². The lowest BCUT2D eigenvalue weighted by Crippen LogP contribution is -2.36. The van der Waals surface area contributed by atoms with Crippen LogP contribution in [0.25, 0.3) is 0 Å². The fourth-order valence-corrected chi connectivity index (χ4v) is 2.09. The quantitative estimate of drug-likeness (QED) is 0.846. The highest BCUT2D eigenvalue weighted by Gasteiger charge is 2.32. The van der Waals surface area contributed by atoms with Gasteiger partial charge in [0.15, 0.2) is 0 Å². The van der Waals surface area contributed by atoms with Gasteiger partial charge in [-0.1, -0.05) is 15.9 Å². The summed E-state index contributed by atoms with van der Waals surface area (Å²) < 4.78 is 41.4. The van der Waals surface area contributed by atoms with Gasteiger partial charge in [-0.2, -0.15) is 0 Å². The Labute approximate surface area is 105 Å². The summed E-state index contributed by atoms with van der Waals surface area (Å²) in [6.45, 7) is 2.35. The molecule has 2 rings (SSSR count). The molecule has 1 aromatic carbocycles. The molecule has 17 heavy (non-hydrogen) atoms. The van der Waals surface area contributed by atoms with Crippen LogP contribution < -0.4 is 4.74 Å². The summed E-state index contributed by atoms with van der Waals surface area (Å²) in [4.78, 5) is 2.07. The summed E-state index contributed by atoms with van der Waals surface area (Å²) in [5.74, 6) is -0.118. The number of nitrogens with zero attached hydrogens (tertiary/aromatic N) is 1. The Morgan fingerprint density at radius 2 is 2.00 bits per heavy atom. The zero-order valence-corrected chi connectivity index (χ0v) is 10.5. The minimum absolute atomic E-state index is 0.118. The van der Waals surface area contributed by atoms with Gasteiger partial charge in [-0.25, -0.2) is 0 Å². The third-order valence-corrected chi connectivity index (χ3v) is 3.08. The van der Waals surface area contributed by atoms with Gasteiger partial charge in [0.2, 0.25) is 0 Å². The van der Waals surface area contributed by atoms with Crippen molar-refractivity contribution in [3.8, 4) is 5.75 Å². The number of likely N-dealkylation sites (tertiary alicyclic amines) is 1. The minimum atomic E-state index is -4.64. The van der Waals surface area contributed by atoms with Gasteiger partial charge in [0.05, 0.1) is 0 Å². The Bertz CT molecular complexity index is 404. The second-order valence-electron chi connectivity index (χ2n) is 3.93. The van der Waals surface area contributed by atoms with E-state index in [1.807, 2.05) is 0 Å². The third-order valence-electron chi connectivity index (χ3n) is 2.59. The number of rotatable bonds is 3. The lowest BCUT2D eigenvalue weighted by atomic mass is 10.1. The number of hydrogen-bond donors (Lipinski definition) is 0. The van der Waals surface area contributed by atoms with Crippen LogP contribution in [-0.2, 0) is 6.54 Å². The Balaban J connectivity index is 2.17. The molecule has 1 aliphatic rings. The van der Waals surface area contributed by atoms with Crippen molar-refractivity contribution in [2.24, 2.45) is 0 Å². The molecule has 6 heteroatoms. The number of alkyl halides is 3. The summed E-state index contributed by atoms with van der Waals surface area (Å²) in [5, 5.41) is 0. The number of benzene rings is 1. The maximum Gasteiger partial charge on any atom is 0.573 e. The fourth-order valence-electron chi connectivity index (χ4n) is 1.68. The molecule has 94 valence electrons. The molecule has 0 saturated carbocycles. The molecule has 0 N–H and O–H groups in total. The van der Waals surface area contributed by atoms with Crippen molar-refractivity contribution in [1.82, 2.24) is 4.90 Å². The lowest BCUT2D eigenvalue weighted by Gasteiger charge is -2.31. The second kappa shape index (κ2) is 4.86. The zero-order valence-electron chi connectivity index (χ0n) is 8.93. The normalized spacial score (nSPS) is 16.7. The summed E-state index contributed by atoms with van der Waals surface area (Å²) in [6.07, 6.45) is -3.54. The SMILES string of the molecule is FC(F)(F)Oc1ccc(Br)cc1CN1CCC1. The minimum Gasteiger partial charge on any atom is -0.405 e. The van der Waals surface area contributed by atoms with Gasteiger partial charge < -0.3 is 4.74 Å². The maximum atomic E-state index is 12.2. The Hall–Kier alpha value is -0.750. The van der Waals surface area contributed by atoms with E-state index in [2.05, 4.69) is 25.6 Å². The molecule has 2 nitrogen and oxygen atoms in total. The second-order valence-corrected chi connectivity index (χ2v) is 4.85. The first kappa shape index (κ1) is 12.7. The molecule has 0 bridgehead atoms. The van der Waals surface area contributed by atoms with Gasteiger partial charge in [-0.15, -0.1) is 13.2 Å². The van der Waals surface area contributed by atoms with Crippen LogP contribution >= 0.6 is 15.9 Å². The largest absolute Gasteiger partial charge is 0.573 e. The fraction of sp³-hybridized carbons (Fsp3) is 0.455. The van der Waals surface area contributed by atoms with Crippen molar-refractivity contribution in [2.75, 3.05) is 13.1 Å². The van der Waals surface area contributed by atoms with E-state index in [0.29, 0.717) is 12.1 Å². The van der Waals surface area contributed by atoms with E-state index in [9.17, 15) is 13.2 Å². The first-order valence-corrected chi connectivity index (χ1v) is 6.00. The molecule has 1 aliphatic heterocycles. The van der Waals surface area contributed by atoms with Crippen LogP contribution in [0, 0.1) is 0 Å². The maximum absolute atomic E-state index is 12.2. The average molecular weight is 310 g/mol. The molecule has 0 atom stereocenters. The van der Waals surface area contributed by atoms with Gasteiger partial charge in [-0.3, -0.25) is 4.90 Å². The monoisotopic (exact) mass is 309 g/mol. The first-order valence-electron chi connectivity index (χ1n) is 5.20. The van der Waals surface area contributed by atoms with Crippen LogP contribution in [0.4, 0.5) is 13.2 Å². The smallest absolute Gasteiger partial charge is 0.405 e. The Morgan fingerprint density at radius 3 is 2.53 bits per heavy atom. The van der Waals surface area contributed by atoms with Gasteiger partial charge in [-0.05, 0) is 37.7 Å². The number of ether oxygens (including phenoxy) is 1. The van der Waals surface area contributed by atoms with Gasteiger partial charge in [0, 0.05) is 16.6 Å². The van der Waals surface area contributed by atoms with Crippen molar-refractivity contribution >= 4 is 15.9 Å². The van der Waals surface area contributed by atoms with E-state index >= 15 is 0 Å². The van der Waals surface area contributed by atoms with E-state index in [4.69, 9.17) is 0 Å². The molecule has 0 spiro atoms. The van der Waals surface area contributed by atoms with Crippen molar-refractivity contribution in [3.63, 3.8) is 0 Å². The predicted molar refractivity (Wildman–Crippen MR) is 60.7 cm³/mol. The van der Waals surface area contributed by atoms with Crippen molar-refractivity contribution in [2.45, 2.75) is 19.3 Å². The van der Waals surface area contributed by atoms with E-state index in [-0.39, 0.29) is 5.75 Å². The summed E-state index contributed by atoms with van der Waals surface area (Å²) in [5.41, 5.74) is 0.552. The predicted octanol–water partition coefficient (Wildman–Crippen LogP) is 3.55. The first-order chi connectivity index (χ1) is 7.94. The molecule has 1 saturated heterocycles. The molecule has 1 fully saturated rings. The molecular weight excluding hydrogens is 299 g/mol. The molecule has 1 aromatic rings. The highest BCUT2D eigenvalue weighted by Crippen LogP contribution is 2.30. The van der Waals surface area contributed by atoms with Crippen molar-refractivity contribution < 1.29 is 17.9 Å². The Morgan fingerprint density at radius 1 is 1.29 bits per heavy atom. The van der Waals surface area contributed by atoms with Crippen LogP contribution in [0.5, 0.6) is 5.75 Å². The van der Waals surface area contributed by atoms with Crippen molar-refractivity contribution in [3.05, 3.63) is 28.2 Å². The molecule has 0 unspecified atom stereocenters. The van der Waals surface area contributed by atoms with Crippen LogP contribution in [0.15, 0.2) is 22.7 Å². The van der Waals surface area contributed by atoms with E-state index in [0.717, 1.165) is 24.0 Å². The van der Waals surface area contributed by atoms with E-state index < -0.39 is 6.36 Å². The topological polar surface area (TPSA) is 12.5 Å². The summed E-state index contributed by atoms with van der Waals surface area (Å²) in [7, 11) is 0. The Kier molecular flexibility index (Phi) is 3.63. The molecule has 0 aliphatic carbocycles. The lowest BCUT2D eigenvalue weighted by molar-refractivity contribution is -0.275. The highest BCUT2D eigenvalue weighted by molar-refractivity contribution is 9.10. The van der Waals surface area contributed by atoms with Crippen LogP contribution in [0.1, 0.15) is 12.0 Å².